The highest BCUT2D eigenvalue weighted by molar-refractivity contribution is 5.56. The van der Waals surface area contributed by atoms with Crippen LogP contribution in [0.2, 0.25) is 0 Å². The van der Waals surface area contributed by atoms with Gasteiger partial charge in [-0.3, -0.25) is 0 Å². The second kappa shape index (κ2) is 4.53. The van der Waals surface area contributed by atoms with E-state index < -0.39 is 11.6 Å². The zero-order valence-corrected chi connectivity index (χ0v) is 8.48. The van der Waals surface area contributed by atoms with Crippen LogP contribution in [0.1, 0.15) is 5.69 Å². The highest BCUT2D eigenvalue weighted by Gasteiger charge is 2.08. The fourth-order valence-corrected chi connectivity index (χ4v) is 1.19. The van der Waals surface area contributed by atoms with Crippen molar-refractivity contribution in [1.29, 1.82) is 5.26 Å². The monoisotopic (exact) mass is 232 g/mol. The largest absolute Gasteiger partial charge is 0.336 e. The molecule has 0 saturated heterocycles. The predicted octanol–water partition coefficient (Wildman–Crippen LogP) is 2.37. The fraction of sp³-hybridized carbons (Fsp3) is 0. The smallest absolute Gasteiger partial charge is 0.182 e. The first-order chi connectivity index (χ1) is 8.20. The third-order valence-corrected chi connectivity index (χ3v) is 1.98. The lowest BCUT2D eigenvalue weighted by molar-refractivity contribution is 0.511. The Balaban J connectivity index is 2.26. The summed E-state index contributed by atoms with van der Waals surface area (Å²) in [5.41, 5.74) is 0.110. The van der Waals surface area contributed by atoms with E-state index in [1.54, 1.807) is 6.07 Å². The molecule has 2 rings (SSSR count). The molecule has 0 aliphatic rings. The summed E-state index contributed by atoms with van der Waals surface area (Å²) < 4.78 is 26.2. The Bertz CT molecular complexity index is 575. The van der Waals surface area contributed by atoms with E-state index in [9.17, 15) is 8.78 Å². The molecule has 2 aromatic rings. The van der Waals surface area contributed by atoms with Crippen LogP contribution in [-0.2, 0) is 0 Å². The lowest BCUT2D eigenvalue weighted by atomic mass is 10.3. The average molecular weight is 232 g/mol. The third kappa shape index (κ3) is 2.34. The van der Waals surface area contributed by atoms with Gasteiger partial charge in [0.15, 0.2) is 17.3 Å². The number of hydrogen-bond acceptors (Lipinski definition) is 4. The molecule has 6 heteroatoms. The lowest BCUT2D eigenvalue weighted by Crippen LogP contribution is -1.99. The molecule has 17 heavy (non-hydrogen) atoms. The first-order valence-corrected chi connectivity index (χ1v) is 4.64. The minimum absolute atomic E-state index is 0.0380. The number of anilines is 2. The number of halogens is 2. The Hall–Kier alpha value is -2.55. The molecule has 0 spiro atoms. The minimum atomic E-state index is -0.987. The van der Waals surface area contributed by atoms with Crippen molar-refractivity contribution in [3.63, 3.8) is 0 Å². The van der Waals surface area contributed by atoms with Crippen molar-refractivity contribution in [2.45, 2.75) is 0 Å². The second-order valence-electron chi connectivity index (χ2n) is 3.13. The fourth-order valence-electron chi connectivity index (χ4n) is 1.19. The van der Waals surface area contributed by atoms with Gasteiger partial charge in [-0.15, -0.1) is 0 Å². The Morgan fingerprint density at radius 3 is 2.65 bits per heavy atom. The first-order valence-electron chi connectivity index (χ1n) is 4.64. The van der Waals surface area contributed by atoms with Crippen LogP contribution in [0.15, 0.2) is 30.6 Å². The normalized spacial score (nSPS) is 9.71. The van der Waals surface area contributed by atoms with E-state index >= 15 is 0 Å². The van der Waals surface area contributed by atoms with Crippen molar-refractivity contribution in [2.24, 2.45) is 0 Å². The van der Waals surface area contributed by atoms with E-state index in [0.29, 0.717) is 0 Å². The molecule has 0 saturated carbocycles. The molecule has 0 aliphatic heterocycles. The van der Waals surface area contributed by atoms with Crippen LogP contribution in [0.5, 0.6) is 0 Å². The highest BCUT2D eigenvalue weighted by Crippen LogP contribution is 2.19. The summed E-state index contributed by atoms with van der Waals surface area (Å²) in [5.74, 6) is -1.70. The van der Waals surface area contributed by atoms with Crippen LogP contribution in [-0.4, -0.2) is 9.97 Å². The SMILES string of the molecule is N#Cc1cnc(Nc2cccc(F)c2F)cn1. The van der Waals surface area contributed by atoms with E-state index in [1.165, 1.54) is 24.5 Å². The van der Waals surface area contributed by atoms with Crippen molar-refractivity contribution in [1.82, 2.24) is 9.97 Å². The van der Waals surface area contributed by atoms with E-state index in [1.807, 2.05) is 0 Å². The van der Waals surface area contributed by atoms with Crippen LogP contribution in [0.25, 0.3) is 0 Å². The van der Waals surface area contributed by atoms with Gasteiger partial charge in [0.05, 0.1) is 18.1 Å². The standard InChI is InChI=1S/C11H6F2N4/c12-8-2-1-3-9(11(8)13)17-10-6-15-7(4-14)5-16-10/h1-3,5-6H,(H,16,17). The molecule has 0 amide bonds. The summed E-state index contributed by atoms with van der Waals surface area (Å²) in [6, 6.07) is 5.57. The van der Waals surface area contributed by atoms with Gasteiger partial charge in [-0.25, -0.2) is 18.7 Å². The molecule has 0 fully saturated rings. The molecule has 1 N–H and O–H groups in total. The number of nitriles is 1. The molecule has 1 heterocycles. The molecule has 4 nitrogen and oxygen atoms in total. The van der Waals surface area contributed by atoms with Crippen molar-refractivity contribution in [3.05, 3.63) is 47.9 Å². The lowest BCUT2D eigenvalue weighted by Gasteiger charge is -2.06. The Kier molecular flexibility index (Phi) is 2.92. The van der Waals surface area contributed by atoms with Gasteiger partial charge < -0.3 is 5.32 Å². The quantitative estimate of drug-likeness (QED) is 0.863. The number of nitrogens with zero attached hydrogens (tertiary/aromatic N) is 3. The van der Waals surface area contributed by atoms with Gasteiger partial charge >= 0.3 is 0 Å². The molecule has 0 radical (unpaired) electrons. The molecule has 0 aliphatic carbocycles. The van der Waals surface area contributed by atoms with E-state index in [-0.39, 0.29) is 17.2 Å². The molecule has 0 atom stereocenters. The van der Waals surface area contributed by atoms with Crippen molar-refractivity contribution >= 4 is 11.5 Å². The van der Waals surface area contributed by atoms with Gasteiger partial charge in [0, 0.05) is 0 Å². The van der Waals surface area contributed by atoms with Gasteiger partial charge in [-0.2, -0.15) is 5.26 Å². The van der Waals surface area contributed by atoms with Crippen LogP contribution in [0, 0.1) is 23.0 Å². The zero-order chi connectivity index (χ0) is 12.3. The third-order valence-electron chi connectivity index (χ3n) is 1.98. The Labute approximate surface area is 95.6 Å². The van der Waals surface area contributed by atoms with Crippen LogP contribution < -0.4 is 5.32 Å². The number of rotatable bonds is 2. The molecule has 84 valence electrons. The van der Waals surface area contributed by atoms with Gasteiger partial charge in [0.1, 0.15) is 11.9 Å². The maximum Gasteiger partial charge on any atom is 0.182 e. The van der Waals surface area contributed by atoms with Crippen molar-refractivity contribution in [2.75, 3.05) is 5.32 Å². The summed E-state index contributed by atoms with van der Waals surface area (Å²) in [6.07, 6.45) is 2.50. The molecule has 1 aromatic carbocycles. The second-order valence-corrected chi connectivity index (χ2v) is 3.13. The topological polar surface area (TPSA) is 61.6 Å². The van der Waals surface area contributed by atoms with Crippen molar-refractivity contribution < 1.29 is 8.78 Å². The number of aromatic nitrogens is 2. The highest BCUT2D eigenvalue weighted by atomic mass is 19.2. The summed E-state index contributed by atoms with van der Waals surface area (Å²) in [7, 11) is 0. The summed E-state index contributed by atoms with van der Waals surface area (Å²) in [4.78, 5) is 7.57. The van der Waals surface area contributed by atoms with Crippen molar-refractivity contribution in [3.8, 4) is 6.07 Å². The number of benzene rings is 1. The van der Waals surface area contributed by atoms with E-state index in [0.717, 1.165) is 6.07 Å². The number of nitrogens with one attached hydrogen (secondary N) is 1. The minimum Gasteiger partial charge on any atom is -0.336 e. The molecule has 0 bridgehead atoms. The molecular formula is C11H6F2N4. The van der Waals surface area contributed by atoms with Gasteiger partial charge in [0.2, 0.25) is 0 Å². The van der Waals surface area contributed by atoms with Crippen LogP contribution >= 0.6 is 0 Å². The molecule has 1 aromatic heterocycles. The predicted molar refractivity (Wildman–Crippen MR) is 56.4 cm³/mol. The Morgan fingerprint density at radius 2 is 2.00 bits per heavy atom. The van der Waals surface area contributed by atoms with Crippen LogP contribution in [0.3, 0.4) is 0 Å². The zero-order valence-electron chi connectivity index (χ0n) is 8.48. The van der Waals surface area contributed by atoms with E-state index in [2.05, 4.69) is 15.3 Å². The summed E-state index contributed by atoms with van der Waals surface area (Å²) in [6.45, 7) is 0. The molecule has 0 unspecified atom stereocenters. The van der Waals surface area contributed by atoms with Gasteiger partial charge in [0.25, 0.3) is 0 Å². The van der Waals surface area contributed by atoms with Gasteiger partial charge in [-0.05, 0) is 12.1 Å². The number of hydrogen-bond donors (Lipinski definition) is 1. The first kappa shape index (κ1) is 11.0. The van der Waals surface area contributed by atoms with Crippen LogP contribution in [0.4, 0.5) is 20.3 Å². The molecular weight excluding hydrogens is 226 g/mol. The maximum absolute atomic E-state index is 13.3. The van der Waals surface area contributed by atoms with Gasteiger partial charge in [-0.1, -0.05) is 6.07 Å². The van der Waals surface area contributed by atoms with E-state index in [4.69, 9.17) is 5.26 Å². The Morgan fingerprint density at radius 1 is 1.18 bits per heavy atom. The summed E-state index contributed by atoms with van der Waals surface area (Å²) >= 11 is 0. The average Bonchev–Trinajstić information content (AvgIpc) is 2.36. The maximum atomic E-state index is 13.3. The summed E-state index contributed by atoms with van der Waals surface area (Å²) in [5, 5.41) is 11.1.